The van der Waals surface area contributed by atoms with E-state index in [1.165, 1.54) is 0 Å². The zero-order valence-electron chi connectivity index (χ0n) is 17.2. The number of nitrogens with zero attached hydrogens (tertiary/aromatic N) is 5. The molecule has 9 heteroatoms. The second kappa shape index (κ2) is 7.90. The van der Waals surface area contributed by atoms with Gasteiger partial charge in [0.15, 0.2) is 5.65 Å². The van der Waals surface area contributed by atoms with E-state index in [9.17, 15) is 8.42 Å². The van der Waals surface area contributed by atoms with Gasteiger partial charge in [-0.05, 0) is 43.9 Å². The lowest BCUT2D eigenvalue weighted by molar-refractivity contribution is 0.179. The summed E-state index contributed by atoms with van der Waals surface area (Å²) in [6.07, 6.45) is 4.96. The van der Waals surface area contributed by atoms with E-state index in [0.717, 1.165) is 29.6 Å². The molecule has 1 aliphatic rings. The molecule has 0 N–H and O–H groups in total. The Hall–Kier alpha value is -3.04. The number of sulfonamides is 1. The minimum Gasteiger partial charge on any atom is -0.476 e. The SMILES string of the molecule is Cc1cn2nc(OCC3CCN(S(=O)(=O)c4cccc5cccnc45)CC3)ccc2n1. The molecular formula is C22H23N5O3S. The highest BCUT2D eigenvalue weighted by Crippen LogP contribution is 2.28. The normalized spacial score (nSPS) is 16.2. The van der Waals surface area contributed by atoms with Crippen LogP contribution in [-0.2, 0) is 10.0 Å². The number of piperidine rings is 1. The average molecular weight is 438 g/mol. The first-order valence-corrected chi connectivity index (χ1v) is 11.7. The van der Waals surface area contributed by atoms with E-state index in [1.807, 2.05) is 43.5 Å². The lowest BCUT2D eigenvalue weighted by Crippen LogP contribution is -2.39. The summed E-state index contributed by atoms with van der Waals surface area (Å²) >= 11 is 0. The molecule has 1 aliphatic heterocycles. The van der Waals surface area contributed by atoms with Crippen LogP contribution in [0.3, 0.4) is 0 Å². The quantitative estimate of drug-likeness (QED) is 0.477. The highest BCUT2D eigenvalue weighted by Gasteiger charge is 2.31. The summed E-state index contributed by atoms with van der Waals surface area (Å²) in [5, 5.41) is 5.25. The number of para-hydroxylation sites is 1. The number of hydrogen-bond acceptors (Lipinski definition) is 6. The molecule has 0 bridgehead atoms. The van der Waals surface area contributed by atoms with Gasteiger partial charge in [0.05, 0.1) is 24.0 Å². The number of ether oxygens (including phenoxy) is 1. The first-order chi connectivity index (χ1) is 15.0. The molecule has 1 fully saturated rings. The van der Waals surface area contributed by atoms with Crippen LogP contribution in [0.2, 0.25) is 0 Å². The van der Waals surface area contributed by atoms with Gasteiger partial charge in [-0.2, -0.15) is 4.31 Å². The Labute approximate surface area is 180 Å². The number of imidazole rings is 1. The molecule has 0 atom stereocenters. The minimum absolute atomic E-state index is 0.272. The van der Waals surface area contributed by atoms with E-state index in [-0.39, 0.29) is 10.8 Å². The monoisotopic (exact) mass is 437 g/mol. The van der Waals surface area contributed by atoms with Gasteiger partial charge in [-0.1, -0.05) is 18.2 Å². The second-order valence-electron chi connectivity index (χ2n) is 7.85. The number of aryl methyl sites for hydroxylation is 1. The summed E-state index contributed by atoms with van der Waals surface area (Å²) < 4.78 is 35.7. The molecule has 0 saturated carbocycles. The van der Waals surface area contributed by atoms with Crippen LogP contribution in [0.1, 0.15) is 18.5 Å². The molecule has 1 aromatic carbocycles. The van der Waals surface area contributed by atoms with Crippen LogP contribution < -0.4 is 4.74 Å². The Kier molecular flexibility index (Phi) is 5.07. The molecule has 8 nitrogen and oxygen atoms in total. The number of fused-ring (bicyclic) bond motifs is 2. The summed E-state index contributed by atoms with van der Waals surface area (Å²) in [6.45, 7) is 3.36. The summed E-state index contributed by atoms with van der Waals surface area (Å²) in [4.78, 5) is 8.93. The van der Waals surface area contributed by atoms with Crippen molar-refractivity contribution in [2.24, 2.45) is 5.92 Å². The van der Waals surface area contributed by atoms with Crippen molar-refractivity contribution in [3.63, 3.8) is 0 Å². The molecule has 0 aliphatic carbocycles. The van der Waals surface area contributed by atoms with Gasteiger partial charge in [-0.25, -0.2) is 17.9 Å². The van der Waals surface area contributed by atoms with E-state index in [4.69, 9.17) is 4.74 Å². The van der Waals surface area contributed by atoms with Gasteiger partial charge in [0.2, 0.25) is 15.9 Å². The third kappa shape index (κ3) is 3.86. The Morgan fingerprint density at radius 1 is 1.10 bits per heavy atom. The van der Waals surface area contributed by atoms with Gasteiger partial charge in [0.25, 0.3) is 0 Å². The lowest BCUT2D eigenvalue weighted by Gasteiger charge is -2.31. The van der Waals surface area contributed by atoms with Crippen molar-refractivity contribution in [1.29, 1.82) is 0 Å². The van der Waals surface area contributed by atoms with Crippen LogP contribution >= 0.6 is 0 Å². The summed E-state index contributed by atoms with van der Waals surface area (Å²) in [6, 6.07) is 12.7. The number of hydrogen-bond donors (Lipinski definition) is 0. The zero-order chi connectivity index (χ0) is 21.4. The maximum Gasteiger partial charge on any atom is 0.245 e. The third-order valence-corrected chi connectivity index (χ3v) is 7.60. The van der Waals surface area contributed by atoms with Gasteiger partial charge >= 0.3 is 0 Å². The van der Waals surface area contributed by atoms with Gasteiger partial charge in [0, 0.05) is 30.7 Å². The van der Waals surface area contributed by atoms with Crippen LogP contribution in [0, 0.1) is 12.8 Å². The molecule has 0 spiro atoms. The molecule has 4 heterocycles. The van der Waals surface area contributed by atoms with Crippen LogP contribution in [0.4, 0.5) is 0 Å². The first-order valence-electron chi connectivity index (χ1n) is 10.3. The molecule has 0 unspecified atom stereocenters. The van der Waals surface area contributed by atoms with Gasteiger partial charge < -0.3 is 4.74 Å². The second-order valence-corrected chi connectivity index (χ2v) is 9.75. The van der Waals surface area contributed by atoms with Crippen molar-refractivity contribution < 1.29 is 13.2 Å². The Bertz CT molecular complexity index is 1340. The molecule has 1 saturated heterocycles. The van der Waals surface area contributed by atoms with E-state index < -0.39 is 10.0 Å². The highest BCUT2D eigenvalue weighted by molar-refractivity contribution is 7.89. The maximum absolute atomic E-state index is 13.2. The topological polar surface area (TPSA) is 89.7 Å². The minimum atomic E-state index is -3.59. The molecule has 5 rings (SSSR count). The van der Waals surface area contributed by atoms with E-state index in [1.54, 1.807) is 27.2 Å². The fourth-order valence-electron chi connectivity index (χ4n) is 4.00. The highest BCUT2D eigenvalue weighted by atomic mass is 32.2. The third-order valence-electron chi connectivity index (χ3n) is 5.67. The van der Waals surface area contributed by atoms with Crippen molar-refractivity contribution in [2.45, 2.75) is 24.7 Å². The molecule has 0 amide bonds. The van der Waals surface area contributed by atoms with E-state index in [0.29, 0.717) is 31.1 Å². The van der Waals surface area contributed by atoms with Crippen molar-refractivity contribution in [2.75, 3.05) is 19.7 Å². The Morgan fingerprint density at radius 2 is 1.90 bits per heavy atom. The fraction of sp³-hybridized carbons (Fsp3) is 0.318. The fourth-order valence-corrected chi connectivity index (χ4v) is 5.64. The molecular weight excluding hydrogens is 414 g/mol. The molecule has 3 aromatic heterocycles. The predicted molar refractivity (Wildman–Crippen MR) is 116 cm³/mol. The van der Waals surface area contributed by atoms with Crippen molar-refractivity contribution in [3.8, 4) is 5.88 Å². The first kappa shape index (κ1) is 19.9. The molecule has 4 aromatic rings. The molecule has 0 radical (unpaired) electrons. The number of pyridine rings is 1. The largest absolute Gasteiger partial charge is 0.476 e. The van der Waals surface area contributed by atoms with Crippen LogP contribution in [0.15, 0.2) is 59.8 Å². The Morgan fingerprint density at radius 3 is 2.74 bits per heavy atom. The maximum atomic E-state index is 13.2. The standard InChI is InChI=1S/C22H23N5O3S/c1-16-14-27-20(24-16)7-8-21(25-27)30-15-17-9-12-26(13-10-17)31(28,29)19-6-2-4-18-5-3-11-23-22(18)19/h2-8,11,14,17H,9-10,12-13,15H2,1H3. The average Bonchev–Trinajstić information content (AvgIpc) is 3.17. The van der Waals surface area contributed by atoms with Crippen molar-refractivity contribution in [1.82, 2.24) is 23.9 Å². The molecule has 31 heavy (non-hydrogen) atoms. The van der Waals surface area contributed by atoms with Crippen LogP contribution in [0.25, 0.3) is 16.6 Å². The number of aromatic nitrogens is 4. The van der Waals surface area contributed by atoms with Crippen molar-refractivity contribution in [3.05, 3.63) is 60.6 Å². The summed E-state index contributed by atoms with van der Waals surface area (Å²) in [5.74, 6) is 0.820. The van der Waals surface area contributed by atoms with Crippen LogP contribution in [0.5, 0.6) is 5.88 Å². The van der Waals surface area contributed by atoms with Crippen molar-refractivity contribution >= 4 is 26.6 Å². The van der Waals surface area contributed by atoms with E-state index in [2.05, 4.69) is 15.1 Å². The summed E-state index contributed by atoms with van der Waals surface area (Å²) in [7, 11) is -3.59. The van der Waals surface area contributed by atoms with Gasteiger partial charge in [-0.15, -0.1) is 5.10 Å². The van der Waals surface area contributed by atoms with Crippen LogP contribution in [-0.4, -0.2) is 52.0 Å². The smallest absolute Gasteiger partial charge is 0.245 e. The zero-order valence-corrected chi connectivity index (χ0v) is 18.0. The Balaban J connectivity index is 1.24. The number of benzene rings is 1. The van der Waals surface area contributed by atoms with E-state index >= 15 is 0 Å². The lowest BCUT2D eigenvalue weighted by atomic mass is 9.99. The number of rotatable bonds is 5. The van der Waals surface area contributed by atoms with Gasteiger partial charge in [-0.3, -0.25) is 4.98 Å². The predicted octanol–water partition coefficient (Wildman–Crippen LogP) is 3.07. The molecule has 160 valence electrons. The summed E-state index contributed by atoms with van der Waals surface area (Å²) in [5.41, 5.74) is 2.21. The van der Waals surface area contributed by atoms with Gasteiger partial charge in [0.1, 0.15) is 4.90 Å².